The molecule has 2 aromatic carbocycles. The minimum absolute atomic E-state index is 0.0321. The molecule has 2 unspecified atom stereocenters. The molecule has 0 aliphatic carbocycles. The third-order valence-electron chi connectivity index (χ3n) is 4.55. The number of benzene rings is 2. The summed E-state index contributed by atoms with van der Waals surface area (Å²) in [5, 5.41) is 4.48. The fraction of sp³-hybridized carbons (Fsp3) is 0.167. The number of carbonyl (C=O) groups excluding carboxylic acids is 2. The van der Waals surface area contributed by atoms with Crippen molar-refractivity contribution in [3.63, 3.8) is 0 Å². The molecule has 0 fully saturated rings. The van der Waals surface area contributed by atoms with Crippen LogP contribution in [0.5, 0.6) is 0 Å². The third-order valence-corrected chi connectivity index (χ3v) is 6.54. The Bertz CT molecular complexity index is 1090. The summed E-state index contributed by atoms with van der Waals surface area (Å²) in [6, 6.07) is 12.5. The van der Waals surface area contributed by atoms with Gasteiger partial charge in [-0.25, -0.2) is 8.42 Å². The van der Waals surface area contributed by atoms with Crippen LogP contribution in [0, 0.1) is 5.92 Å². The largest absolute Gasteiger partial charge is 0.381 e. The van der Waals surface area contributed by atoms with Crippen LogP contribution in [0.15, 0.2) is 58.6 Å². The number of halogens is 1. The van der Waals surface area contributed by atoms with Crippen LogP contribution >= 0.6 is 11.6 Å². The van der Waals surface area contributed by atoms with Gasteiger partial charge < -0.3 is 4.84 Å². The zero-order chi connectivity index (χ0) is 19.3. The summed E-state index contributed by atoms with van der Waals surface area (Å²) in [4.78, 5) is 30.5. The Labute approximate surface area is 160 Å². The first-order chi connectivity index (χ1) is 12.8. The van der Waals surface area contributed by atoms with Crippen molar-refractivity contribution in [2.24, 2.45) is 11.1 Å². The van der Waals surface area contributed by atoms with Gasteiger partial charge in [-0.1, -0.05) is 47.9 Å². The second-order valence-electron chi connectivity index (χ2n) is 6.21. The fourth-order valence-electron chi connectivity index (χ4n) is 3.15. The standard InChI is InChI=1S/C18H13ClN2O5S/c1-10-15(11-6-8-12(19)9-7-11)20-26-16(10)18(23)21-17(22)13-4-2-3-5-14(13)27(21,24)25/h2-10,16H,1H3. The lowest BCUT2D eigenvalue weighted by molar-refractivity contribution is -0.136. The van der Waals surface area contributed by atoms with E-state index < -0.39 is 33.9 Å². The predicted octanol–water partition coefficient (Wildman–Crippen LogP) is 2.45. The summed E-state index contributed by atoms with van der Waals surface area (Å²) in [6.07, 6.45) is -1.22. The molecule has 0 saturated carbocycles. The predicted molar refractivity (Wildman–Crippen MR) is 96.8 cm³/mol. The summed E-state index contributed by atoms with van der Waals surface area (Å²) >= 11 is 5.88. The number of rotatable bonds is 2. The molecule has 0 saturated heterocycles. The fourth-order valence-corrected chi connectivity index (χ4v) is 4.81. The van der Waals surface area contributed by atoms with E-state index in [0.29, 0.717) is 16.3 Å². The molecular weight excluding hydrogens is 392 g/mol. The van der Waals surface area contributed by atoms with Crippen molar-refractivity contribution in [1.82, 2.24) is 4.31 Å². The number of hydrogen-bond donors (Lipinski definition) is 0. The average Bonchev–Trinajstić information content (AvgIpc) is 3.12. The van der Waals surface area contributed by atoms with Gasteiger partial charge in [-0.3, -0.25) is 9.59 Å². The van der Waals surface area contributed by atoms with Crippen LogP contribution in [-0.2, 0) is 19.7 Å². The Hall–Kier alpha value is -2.71. The summed E-state index contributed by atoms with van der Waals surface area (Å²) in [5.41, 5.74) is 1.14. The van der Waals surface area contributed by atoms with Crippen molar-refractivity contribution in [1.29, 1.82) is 0 Å². The molecule has 2 heterocycles. The van der Waals surface area contributed by atoms with Gasteiger partial charge in [-0.15, -0.1) is 0 Å². The minimum Gasteiger partial charge on any atom is -0.381 e. The van der Waals surface area contributed by atoms with E-state index in [-0.39, 0.29) is 14.8 Å². The van der Waals surface area contributed by atoms with Gasteiger partial charge in [0.05, 0.1) is 17.2 Å². The summed E-state index contributed by atoms with van der Waals surface area (Å²) < 4.78 is 25.6. The molecule has 0 aromatic heterocycles. The van der Waals surface area contributed by atoms with Gasteiger partial charge in [0.15, 0.2) is 0 Å². The van der Waals surface area contributed by atoms with Crippen LogP contribution in [0.25, 0.3) is 0 Å². The normalized spacial score (nSPS) is 23.0. The Kier molecular flexibility index (Phi) is 4.05. The van der Waals surface area contributed by atoms with Crippen LogP contribution in [0.2, 0.25) is 5.02 Å². The van der Waals surface area contributed by atoms with Gasteiger partial charge in [0.2, 0.25) is 6.10 Å². The van der Waals surface area contributed by atoms with Gasteiger partial charge in [0.1, 0.15) is 4.90 Å². The smallest absolute Gasteiger partial charge is 0.288 e. The Morgan fingerprint density at radius 1 is 1.15 bits per heavy atom. The highest BCUT2D eigenvalue weighted by atomic mass is 35.5. The van der Waals surface area contributed by atoms with E-state index in [2.05, 4.69) is 5.16 Å². The van der Waals surface area contributed by atoms with Gasteiger partial charge in [-0.2, -0.15) is 4.31 Å². The van der Waals surface area contributed by atoms with Gasteiger partial charge in [0.25, 0.3) is 21.8 Å². The van der Waals surface area contributed by atoms with Crippen molar-refractivity contribution in [3.05, 3.63) is 64.7 Å². The maximum absolute atomic E-state index is 12.9. The number of amides is 2. The molecule has 2 amide bonds. The van der Waals surface area contributed by atoms with Gasteiger partial charge >= 0.3 is 0 Å². The molecule has 0 N–H and O–H groups in total. The summed E-state index contributed by atoms with van der Waals surface area (Å²) in [7, 11) is -4.26. The SMILES string of the molecule is CC1C(c2ccc(Cl)cc2)=NOC1C(=O)N1C(=O)c2ccccc2S1(=O)=O. The number of imide groups is 1. The van der Waals surface area contributed by atoms with Crippen molar-refractivity contribution in [2.75, 3.05) is 0 Å². The van der Waals surface area contributed by atoms with E-state index in [1.807, 2.05) is 0 Å². The molecule has 138 valence electrons. The number of sulfonamides is 1. The molecule has 2 aliphatic heterocycles. The third kappa shape index (κ3) is 2.64. The van der Waals surface area contributed by atoms with Crippen LogP contribution < -0.4 is 0 Å². The lowest BCUT2D eigenvalue weighted by atomic mass is 9.94. The highest BCUT2D eigenvalue weighted by molar-refractivity contribution is 7.90. The number of nitrogens with zero attached hydrogens (tertiary/aromatic N) is 2. The van der Waals surface area contributed by atoms with Crippen LogP contribution in [0.3, 0.4) is 0 Å². The van der Waals surface area contributed by atoms with E-state index in [1.165, 1.54) is 24.3 Å². The molecule has 2 aliphatic rings. The molecule has 0 spiro atoms. The first-order valence-corrected chi connectivity index (χ1v) is 9.86. The second kappa shape index (κ2) is 6.17. The quantitative estimate of drug-likeness (QED) is 0.717. The molecule has 2 aromatic rings. The van der Waals surface area contributed by atoms with Gasteiger partial charge in [0, 0.05) is 5.02 Å². The van der Waals surface area contributed by atoms with Crippen molar-refractivity contribution >= 4 is 39.2 Å². The molecule has 4 rings (SSSR count). The van der Waals surface area contributed by atoms with E-state index in [1.54, 1.807) is 31.2 Å². The molecule has 2 atom stereocenters. The van der Waals surface area contributed by atoms with Crippen LogP contribution in [0.4, 0.5) is 0 Å². The summed E-state index contributed by atoms with van der Waals surface area (Å²) in [6.45, 7) is 1.68. The molecule has 0 bridgehead atoms. The van der Waals surface area contributed by atoms with Crippen molar-refractivity contribution in [3.8, 4) is 0 Å². The maximum atomic E-state index is 12.9. The Morgan fingerprint density at radius 3 is 2.48 bits per heavy atom. The number of carbonyl (C=O) groups is 2. The Morgan fingerprint density at radius 2 is 1.81 bits per heavy atom. The van der Waals surface area contributed by atoms with E-state index in [9.17, 15) is 18.0 Å². The van der Waals surface area contributed by atoms with Gasteiger partial charge in [-0.05, 0) is 29.8 Å². The molecule has 9 heteroatoms. The van der Waals surface area contributed by atoms with E-state index in [4.69, 9.17) is 16.4 Å². The second-order valence-corrected chi connectivity index (χ2v) is 8.40. The van der Waals surface area contributed by atoms with Crippen LogP contribution in [0.1, 0.15) is 22.8 Å². The maximum Gasteiger partial charge on any atom is 0.288 e. The zero-order valence-corrected chi connectivity index (χ0v) is 15.6. The Balaban J connectivity index is 1.64. The van der Waals surface area contributed by atoms with Crippen LogP contribution in [-0.4, -0.2) is 36.4 Å². The average molecular weight is 405 g/mol. The first-order valence-electron chi connectivity index (χ1n) is 8.04. The van der Waals surface area contributed by atoms with Crippen molar-refractivity contribution in [2.45, 2.75) is 17.9 Å². The zero-order valence-electron chi connectivity index (χ0n) is 14.0. The van der Waals surface area contributed by atoms with E-state index >= 15 is 0 Å². The minimum atomic E-state index is -4.26. The topological polar surface area (TPSA) is 93.1 Å². The lowest BCUT2D eigenvalue weighted by Crippen LogP contribution is -2.45. The number of hydrogen-bond acceptors (Lipinski definition) is 6. The summed E-state index contributed by atoms with van der Waals surface area (Å²) in [5.74, 6) is -2.40. The van der Waals surface area contributed by atoms with Crippen molar-refractivity contribution < 1.29 is 22.8 Å². The first kappa shape index (κ1) is 17.7. The highest BCUT2D eigenvalue weighted by Gasteiger charge is 2.50. The number of oxime groups is 1. The molecule has 27 heavy (non-hydrogen) atoms. The lowest BCUT2D eigenvalue weighted by Gasteiger charge is -2.19. The van der Waals surface area contributed by atoms with E-state index in [0.717, 1.165) is 0 Å². The number of fused-ring (bicyclic) bond motifs is 1. The molecule has 7 nitrogen and oxygen atoms in total. The monoisotopic (exact) mass is 404 g/mol. The molecule has 0 radical (unpaired) electrons. The molecular formula is C18H13ClN2O5S. The highest BCUT2D eigenvalue weighted by Crippen LogP contribution is 2.33.